The van der Waals surface area contributed by atoms with Crippen molar-refractivity contribution in [2.24, 2.45) is 0 Å². The highest BCUT2D eigenvalue weighted by atomic mass is 16.1. The highest BCUT2D eigenvalue weighted by Gasteiger charge is 2.16. The summed E-state index contributed by atoms with van der Waals surface area (Å²) in [5.41, 5.74) is 1.76. The van der Waals surface area contributed by atoms with Crippen molar-refractivity contribution in [3.05, 3.63) is 21.6 Å². The summed E-state index contributed by atoms with van der Waals surface area (Å²) in [6.07, 6.45) is 4.18. The van der Waals surface area contributed by atoms with Crippen LogP contribution in [-0.2, 0) is 6.42 Å². The lowest BCUT2D eigenvalue weighted by Crippen LogP contribution is -2.26. The fourth-order valence-corrected chi connectivity index (χ4v) is 2.22. The monoisotopic (exact) mass is 221 g/mol. The second-order valence-corrected chi connectivity index (χ2v) is 4.40. The Morgan fingerprint density at radius 3 is 2.62 bits per heavy atom. The summed E-state index contributed by atoms with van der Waals surface area (Å²) in [5, 5.41) is 0. The summed E-state index contributed by atoms with van der Waals surface area (Å²) in [6, 6.07) is 0. The first kappa shape index (κ1) is 11.2. The number of nitrogens with zero attached hydrogens (tertiary/aromatic N) is 2. The molecule has 1 aliphatic heterocycles. The SMILES string of the molecule is CCCc1c(C)nc(N2CCCC2)[nH]c1=O. The van der Waals surface area contributed by atoms with E-state index in [0.29, 0.717) is 0 Å². The molecular weight excluding hydrogens is 202 g/mol. The summed E-state index contributed by atoms with van der Waals surface area (Å²) >= 11 is 0. The molecule has 0 unspecified atom stereocenters. The van der Waals surface area contributed by atoms with Crippen LogP contribution in [0.2, 0.25) is 0 Å². The van der Waals surface area contributed by atoms with Crippen LogP contribution in [0.25, 0.3) is 0 Å². The second kappa shape index (κ2) is 4.68. The zero-order valence-electron chi connectivity index (χ0n) is 10.0. The number of anilines is 1. The molecule has 0 radical (unpaired) electrons. The number of hydrogen-bond acceptors (Lipinski definition) is 3. The summed E-state index contributed by atoms with van der Waals surface area (Å²) in [5.74, 6) is 0.750. The van der Waals surface area contributed by atoms with Gasteiger partial charge in [0.1, 0.15) is 0 Å². The van der Waals surface area contributed by atoms with Gasteiger partial charge in [-0.15, -0.1) is 0 Å². The minimum absolute atomic E-state index is 0.0382. The minimum atomic E-state index is 0.0382. The molecule has 2 rings (SSSR count). The Bertz CT molecular complexity index is 419. The number of hydrogen-bond donors (Lipinski definition) is 1. The number of H-pyrrole nitrogens is 1. The first-order chi connectivity index (χ1) is 7.72. The van der Waals surface area contributed by atoms with Gasteiger partial charge in [-0.3, -0.25) is 9.78 Å². The fraction of sp³-hybridized carbons (Fsp3) is 0.667. The molecule has 2 heterocycles. The van der Waals surface area contributed by atoms with Gasteiger partial charge < -0.3 is 4.90 Å². The van der Waals surface area contributed by atoms with Gasteiger partial charge in [-0.05, 0) is 26.2 Å². The Morgan fingerprint density at radius 1 is 1.38 bits per heavy atom. The number of aromatic nitrogens is 2. The maximum absolute atomic E-state index is 11.9. The Morgan fingerprint density at radius 2 is 2.06 bits per heavy atom. The zero-order chi connectivity index (χ0) is 11.5. The van der Waals surface area contributed by atoms with E-state index in [0.717, 1.165) is 43.1 Å². The molecule has 16 heavy (non-hydrogen) atoms. The van der Waals surface area contributed by atoms with Crippen molar-refractivity contribution in [1.29, 1.82) is 0 Å². The molecule has 4 heteroatoms. The summed E-state index contributed by atoms with van der Waals surface area (Å²) in [4.78, 5) is 21.4. The van der Waals surface area contributed by atoms with Crippen LogP contribution in [0.4, 0.5) is 5.95 Å². The molecular formula is C12H19N3O. The summed E-state index contributed by atoms with van der Waals surface area (Å²) in [6.45, 7) is 6.03. The predicted octanol–water partition coefficient (Wildman–Crippen LogP) is 1.63. The van der Waals surface area contributed by atoms with Crippen molar-refractivity contribution in [1.82, 2.24) is 9.97 Å². The smallest absolute Gasteiger partial charge is 0.255 e. The maximum atomic E-state index is 11.9. The normalized spacial score (nSPS) is 15.8. The molecule has 0 aromatic carbocycles. The Hall–Kier alpha value is -1.32. The van der Waals surface area contributed by atoms with Gasteiger partial charge >= 0.3 is 0 Å². The van der Waals surface area contributed by atoms with Gasteiger partial charge in [0.2, 0.25) is 5.95 Å². The van der Waals surface area contributed by atoms with Crippen LogP contribution in [-0.4, -0.2) is 23.1 Å². The van der Waals surface area contributed by atoms with Gasteiger partial charge in [0.25, 0.3) is 5.56 Å². The Balaban J connectivity index is 2.32. The predicted molar refractivity (Wildman–Crippen MR) is 65.0 cm³/mol. The Kier molecular flexibility index (Phi) is 3.27. The second-order valence-electron chi connectivity index (χ2n) is 4.40. The average Bonchev–Trinajstić information content (AvgIpc) is 2.76. The fourth-order valence-electron chi connectivity index (χ4n) is 2.22. The molecule has 1 fully saturated rings. The van der Waals surface area contributed by atoms with E-state index in [9.17, 15) is 4.79 Å². The van der Waals surface area contributed by atoms with Crippen molar-refractivity contribution < 1.29 is 0 Å². The lowest BCUT2D eigenvalue weighted by atomic mass is 10.1. The molecule has 1 N–H and O–H groups in total. The molecule has 0 saturated carbocycles. The van der Waals surface area contributed by atoms with Gasteiger partial charge in [0, 0.05) is 24.3 Å². The Labute approximate surface area is 95.7 Å². The van der Waals surface area contributed by atoms with Crippen LogP contribution in [0, 0.1) is 6.92 Å². The minimum Gasteiger partial charge on any atom is -0.342 e. The van der Waals surface area contributed by atoms with E-state index in [2.05, 4.69) is 21.8 Å². The van der Waals surface area contributed by atoms with Crippen LogP contribution in [0.5, 0.6) is 0 Å². The molecule has 0 aliphatic carbocycles. The third-order valence-corrected chi connectivity index (χ3v) is 3.12. The van der Waals surface area contributed by atoms with E-state index in [1.54, 1.807) is 0 Å². The van der Waals surface area contributed by atoms with Crippen molar-refractivity contribution in [3.8, 4) is 0 Å². The van der Waals surface area contributed by atoms with Crippen LogP contribution >= 0.6 is 0 Å². The van der Waals surface area contributed by atoms with Crippen molar-refractivity contribution in [3.63, 3.8) is 0 Å². The topological polar surface area (TPSA) is 49.0 Å². The third kappa shape index (κ3) is 2.10. The standard InChI is InChI=1S/C12H19N3O/c1-3-6-10-9(2)13-12(14-11(10)16)15-7-4-5-8-15/h3-8H2,1-2H3,(H,13,14,16). The van der Waals surface area contributed by atoms with Crippen molar-refractivity contribution in [2.75, 3.05) is 18.0 Å². The number of aryl methyl sites for hydroxylation is 1. The van der Waals surface area contributed by atoms with E-state index in [1.807, 2.05) is 6.92 Å². The highest BCUT2D eigenvalue weighted by Crippen LogP contribution is 2.15. The molecule has 0 atom stereocenters. The molecule has 4 nitrogen and oxygen atoms in total. The van der Waals surface area contributed by atoms with Crippen LogP contribution in [0.1, 0.15) is 37.4 Å². The number of nitrogens with one attached hydrogen (secondary N) is 1. The summed E-state index contributed by atoms with van der Waals surface area (Å²) < 4.78 is 0. The van der Waals surface area contributed by atoms with Gasteiger partial charge in [-0.2, -0.15) is 0 Å². The number of aromatic amines is 1. The molecule has 0 amide bonds. The highest BCUT2D eigenvalue weighted by molar-refractivity contribution is 5.33. The molecule has 1 aromatic rings. The van der Waals surface area contributed by atoms with Gasteiger partial charge in [0.15, 0.2) is 0 Å². The first-order valence-electron chi connectivity index (χ1n) is 6.07. The maximum Gasteiger partial charge on any atom is 0.255 e. The summed E-state index contributed by atoms with van der Waals surface area (Å²) in [7, 11) is 0. The average molecular weight is 221 g/mol. The molecule has 1 aliphatic rings. The van der Waals surface area contributed by atoms with E-state index in [1.165, 1.54) is 12.8 Å². The van der Waals surface area contributed by atoms with Crippen LogP contribution in [0.3, 0.4) is 0 Å². The lowest BCUT2D eigenvalue weighted by Gasteiger charge is -2.16. The van der Waals surface area contributed by atoms with Gasteiger partial charge in [-0.1, -0.05) is 13.3 Å². The molecule has 1 aromatic heterocycles. The van der Waals surface area contributed by atoms with E-state index in [-0.39, 0.29) is 5.56 Å². The molecule has 88 valence electrons. The van der Waals surface area contributed by atoms with Crippen molar-refractivity contribution >= 4 is 5.95 Å². The van der Waals surface area contributed by atoms with E-state index < -0.39 is 0 Å². The molecule has 0 spiro atoms. The third-order valence-electron chi connectivity index (χ3n) is 3.12. The lowest BCUT2D eigenvalue weighted by molar-refractivity contribution is 0.831. The van der Waals surface area contributed by atoms with Gasteiger partial charge in [-0.25, -0.2) is 4.98 Å². The molecule has 0 bridgehead atoms. The van der Waals surface area contributed by atoms with Crippen LogP contribution < -0.4 is 10.5 Å². The van der Waals surface area contributed by atoms with E-state index in [4.69, 9.17) is 0 Å². The van der Waals surface area contributed by atoms with E-state index >= 15 is 0 Å². The first-order valence-corrected chi connectivity index (χ1v) is 6.07. The van der Waals surface area contributed by atoms with Crippen molar-refractivity contribution in [2.45, 2.75) is 39.5 Å². The molecule has 1 saturated heterocycles. The largest absolute Gasteiger partial charge is 0.342 e. The quantitative estimate of drug-likeness (QED) is 0.844. The van der Waals surface area contributed by atoms with Crippen LogP contribution in [0.15, 0.2) is 4.79 Å². The van der Waals surface area contributed by atoms with Gasteiger partial charge in [0.05, 0.1) is 0 Å². The zero-order valence-corrected chi connectivity index (χ0v) is 10.0. The number of rotatable bonds is 3.